The van der Waals surface area contributed by atoms with Crippen LogP contribution < -0.4 is 5.32 Å². The smallest absolute Gasteiger partial charge is 0.328 e. The van der Waals surface area contributed by atoms with Crippen LogP contribution in [-0.2, 0) is 9.53 Å². The second kappa shape index (κ2) is 5.26. The molecule has 0 aromatic carbocycles. The number of aliphatic carboxylic acids is 1. The van der Waals surface area contributed by atoms with Crippen LogP contribution in [0.4, 0.5) is 5.82 Å². The number of aryl methyl sites for hydroxylation is 1. The third-order valence-corrected chi connectivity index (χ3v) is 1.82. The standard InChI is InChI=1S/C9H13N3O3/c1-6-8(11-4-3-10-6)12-7(5-15-2)9(13)14/h3-4,7H,5H2,1-2H3,(H,11,12)(H,13,14). The third kappa shape index (κ3) is 3.17. The van der Waals surface area contributed by atoms with Crippen LogP contribution >= 0.6 is 0 Å². The largest absolute Gasteiger partial charge is 0.480 e. The maximum atomic E-state index is 10.8. The Morgan fingerprint density at radius 1 is 1.60 bits per heavy atom. The molecule has 0 fully saturated rings. The molecule has 6 heteroatoms. The minimum Gasteiger partial charge on any atom is -0.480 e. The Morgan fingerprint density at radius 3 is 2.80 bits per heavy atom. The van der Waals surface area contributed by atoms with Crippen molar-refractivity contribution in [2.75, 3.05) is 19.0 Å². The predicted octanol–water partition coefficient (Wildman–Crippen LogP) is 0.297. The van der Waals surface area contributed by atoms with Crippen molar-refractivity contribution in [3.8, 4) is 0 Å². The lowest BCUT2D eigenvalue weighted by Crippen LogP contribution is -2.34. The number of carboxylic acids is 1. The van der Waals surface area contributed by atoms with E-state index in [2.05, 4.69) is 15.3 Å². The average Bonchev–Trinajstić information content (AvgIpc) is 2.20. The van der Waals surface area contributed by atoms with Gasteiger partial charge >= 0.3 is 5.97 Å². The molecule has 0 saturated heterocycles. The van der Waals surface area contributed by atoms with E-state index < -0.39 is 12.0 Å². The van der Waals surface area contributed by atoms with E-state index in [-0.39, 0.29) is 6.61 Å². The van der Waals surface area contributed by atoms with Gasteiger partial charge in [-0.25, -0.2) is 9.78 Å². The molecule has 2 N–H and O–H groups in total. The molecule has 0 saturated carbocycles. The monoisotopic (exact) mass is 211 g/mol. The Morgan fingerprint density at radius 2 is 2.27 bits per heavy atom. The first kappa shape index (κ1) is 11.4. The molecule has 0 bridgehead atoms. The highest BCUT2D eigenvalue weighted by Gasteiger charge is 2.18. The Kier molecular flexibility index (Phi) is 3.99. The fourth-order valence-corrected chi connectivity index (χ4v) is 1.06. The molecule has 0 amide bonds. The molecule has 1 aromatic rings. The summed E-state index contributed by atoms with van der Waals surface area (Å²) >= 11 is 0. The molecule has 1 heterocycles. The molecule has 1 rings (SSSR count). The molecule has 0 aliphatic heterocycles. The van der Waals surface area contributed by atoms with Gasteiger partial charge in [0.1, 0.15) is 11.9 Å². The Bertz CT molecular complexity index is 343. The maximum absolute atomic E-state index is 10.8. The first-order valence-electron chi connectivity index (χ1n) is 4.41. The molecule has 1 atom stereocenters. The van der Waals surface area contributed by atoms with Crippen molar-refractivity contribution in [1.82, 2.24) is 9.97 Å². The van der Waals surface area contributed by atoms with Crippen molar-refractivity contribution in [3.05, 3.63) is 18.1 Å². The SMILES string of the molecule is COCC(Nc1nccnc1C)C(=O)O. The molecule has 0 aliphatic rings. The summed E-state index contributed by atoms with van der Waals surface area (Å²) in [5, 5.41) is 11.6. The molecule has 6 nitrogen and oxygen atoms in total. The Hall–Kier alpha value is -1.69. The lowest BCUT2D eigenvalue weighted by atomic mass is 10.3. The van der Waals surface area contributed by atoms with Gasteiger partial charge < -0.3 is 15.2 Å². The first-order valence-corrected chi connectivity index (χ1v) is 4.41. The summed E-state index contributed by atoms with van der Waals surface area (Å²) in [5.41, 5.74) is 0.653. The van der Waals surface area contributed by atoms with Crippen LogP contribution in [0.5, 0.6) is 0 Å². The number of carboxylic acid groups (broad SMARTS) is 1. The number of nitrogens with zero attached hydrogens (tertiary/aromatic N) is 2. The van der Waals surface area contributed by atoms with Gasteiger partial charge in [0.2, 0.25) is 0 Å². The molecule has 1 aromatic heterocycles. The fraction of sp³-hybridized carbons (Fsp3) is 0.444. The lowest BCUT2D eigenvalue weighted by molar-refractivity contribution is -0.139. The molecular weight excluding hydrogens is 198 g/mol. The highest BCUT2D eigenvalue weighted by Crippen LogP contribution is 2.08. The van der Waals surface area contributed by atoms with E-state index in [0.717, 1.165) is 0 Å². The van der Waals surface area contributed by atoms with Gasteiger partial charge in [0.15, 0.2) is 0 Å². The van der Waals surface area contributed by atoms with Crippen LogP contribution in [0.2, 0.25) is 0 Å². The van der Waals surface area contributed by atoms with E-state index in [0.29, 0.717) is 11.5 Å². The molecule has 82 valence electrons. The lowest BCUT2D eigenvalue weighted by Gasteiger charge is -2.14. The zero-order chi connectivity index (χ0) is 11.3. The van der Waals surface area contributed by atoms with E-state index in [1.807, 2.05) is 0 Å². The fourth-order valence-electron chi connectivity index (χ4n) is 1.06. The summed E-state index contributed by atoms with van der Waals surface area (Å²) in [6.45, 7) is 1.83. The van der Waals surface area contributed by atoms with Crippen LogP contribution in [0.15, 0.2) is 12.4 Å². The predicted molar refractivity (Wildman–Crippen MR) is 53.7 cm³/mol. The zero-order valence-corrected chi connectivity index (χ0v) is 8.60. The van der Waals surface area contributed by atoms with E-state index in [1.54, 1.807) is 13.1 Å². The van der Waals surface area contributed by atoms with Gasteiger partial charge in [-0.3, -0.25) is 4.98 Å². The van der Waals surface area contributed by atoms with Crippen molar-refractivity contribution >= 4 is 11.8 Å². The topological polar surface area (TPSA) is 84.3 Å². The van der Waals surface area contributed by atoms with Gasteiger partial charge in [-0.2, -0.15) is 0 Å². The zero-order valence-electron chi connectivity index (χ0n) is 8.60. The summed E-state index contributed by atoms with van der Waals surface area (Å²) in [5.74, 6) is -0.524. The molecule has 1 unspecified atom stereocenters. The number of aromatic nitrogens is 2. The van der Waals surface area contributed by atoms with E-state index in [9.17, 15) is 4.79 Å². The summed E-state index contributed by atoms with van der Waals surface area (Å²) in [7, 11) is 1.45. The summed E-state index contributed by atoms with van der Waals surface area (Å²) < 4.78 is 4.79. The van der Waals surface area contributed by atoms with Gasteiger partial charge in [0.25, 0.3) is 0 Å². The van der Waals surface area contributed by atoms with Gasteiger partial charge in [-0.15, -0.1) is 0 Å². The number of rotatable bonds is 5. The summed E-state index contributed by atoms with van der Waals surface area (Å²) in [4.78, 5) is 18.8. The summed E-state index contributed by atoms with van der Waals surface area (Å²) in [6.07, 6.45) is 3.05. The van der Waals surface area contributed by atoms with Gasteiger partial charge in [0.05, 0.1) is 12.3 Å². The van der Waals surface area contributed by atoms with Crippen LogP contribution in [0.1, 0.15) is 5.69 Å². The second-order valence-corrected chi connectivity index (χ2v) is 2.98. The highest BCUT2D eigenvalue weighted by atomic mass is 16.5. The van der Waals surface area contributed by atoms with Crippen molar-refractivity contribution < 1.29 is 14.6 Å². The number of hydrogen-bond acceptors (Lipinski definition) is 5. The molecular formula is C9H13N3O3. The summed E-state index contributed by atoms with van der Waals surface area (Å²) in [6, 6.07) is -0.814. The number of methoxy groups -OCH3 is 1. The third-order valence-electron chi connectivity index (χ3n) is 1.82. The van der Waals surface area contributed by atoms with Crippen LogP contribution in [0.3, 0.4) is 0 Å². The highest BCUT2D eigenvalue weighted by molar-refractivity contribution is 5.77. The van der Waals surface area contributed by atoms with Gasteiger partial charge in [-0.05, 0) is 6.92 Å². The van der Waals surface area contributed by atoms with E-state index in [4.69, 9.17) is 9.84 Å². The van der Waals surface area contributed by atoms with Crippen LogP contribution in [0.25, 0.3) is 0 Å². The minimum atomic E-state index is -0.984. The van der Waals surface area contributed by atoms with Crippen molar-refractivity contribution in [2.24, 2.45) is 0 Å². The second-order valence-electron chi connectivity index (χ2n) is 2.98. The Balaban J connectivity index is 2.74. The van der Waals surface area contributed by atoms with E-state index in [1.165, 1.54) is 13.3 Å². The number of hydrogen-bond donors (Lipinski definition) is 2. The Labute approximate surface area is 87.3 Å². The first-order chi connectivity index (χ1) is 7.15. The quantitative estimate of drug-likeness (QED) is 0.728. The molecule has 0 spiro atoms. The van der Waals surface area contributed by atoms with Crippen molar-refractivity contribution in [2.45, 2.75) is 13.0 Å². The molecule has 0 aliphatic carbocycles. The normalized spacial score (nSPS) is 12.1. The average molecular weight is 211 g/mol. The van der Waals surface area contributed by atoms with Crippen molar-refractivity contribution in [3.63, 3.8) is 0 Å². The van der Waals surface area contributed by atoms with Crippen LogP contribution in [0, 0.1) is 6.92 Å². The van der Waals surface area contributed by atoms with Crippen molar-refractivity contribution in [1.29, 1.82) is 0 Å². The molecule has 15 heavy (non-hydrogen) atoms. The molecule has 0 radical (unpaired) electrons. The number of carbonyl (C=O) groups is 1. The number of nitrogens with one attached hydrogen (secondary N) is 1. The number of anilines is 1. The van der Waals surface area contributed by atoms with Gasteiger partial charge in [-0.1, -0.05) is 0 Å². The van der Waals surface area contributed by atoms with E-state index >= 15 is 0 Å². The minimum absolute atomic E-state index is 0.0747. The van der Waals surface area contributed by atoms with Crippen LogP contribution in [-0.4, -0.2) is 40.8 Å². The number of ether oxygens (including phenoxy) is 1. The van der Waals surface area contributed by atoms with Gasteiger partial charge in [0, 0.05) is 19.5 Å². The maximum Gasteiger partial charge on any atom is 0.328 e.